The van der Waals surface area contributed by atoms with Crippen LogP contribution in [0, 0.1) is 0 Å². The van der Waals surface area contributed by atoms with Gasteiger partial charge in [-0.2, -0.15) is 0 Å². The Bertz CT molecular complexity index is 140. The first-order valence-corrected chi connectivity index (χ1v) is 5.59. The van der Waals surface area contributed by atoms with Gasteiger partial charge in [0, 0.05) is 0 Å². The monoisotopic (exact) mass is 181 g/mol. The van der Waals surface area contributed by atoms with Crippen molar-refractivity contribution in [3.05, 3.63) is 0 Å². The van der Waals surface area contributed by atoms with Crippen molar-refractivity contribution in [2.24, 2.45) is 5.90 Å². The van der Waals surface area contributed by atoms with Crippen molar-refractivity contribution >= 4 is 7.60 Å². The SMILES string of the molecule is CCCCCCP(=O)(O)ON. The van der Waals surface area contributed by atoms with Gasteiger partial charge in [0.1, 0.15) is 0 Å². The van der Waals surface area contributed by atoms with Gasteiger partial charge >= 0.3 is 7.60 Å². The molecule has 0 aliphatic heterocycles. The van der Waals surface area contributed by atoms with Crippen LogP contribution in [-0.2, 0) is 9.19 Å². The summed E-state index contributed by atoms with van der Waals surface area (Å²) < 4.78 is 14.7. The van der Waals surface area contributed by atoms with Crippen molar-refractivity contribution in [1.29, 1.82) is 0 Å². The average Bonchev–Trinajstić information content (AvgIpc) is 1.99. The molecule has 0 fully saturated rings. The molecule has 0 aromatic heterocycles. The zero-order valence-corrected chi connectivity index (χ0v) is 7.72. The second-order valence-electron chi connectivity index (χ2n) is 2.53. The summed E-state index contributed by atoms with van der Waals surface area (Å²) in [6, 6.07) is 0. The summed E-state index contributed by atoms with van der Waals surface area (Å²) in [5.74, 6) is 4.61. The van der Waals surface area contributed by atoms with E-state index < -0.39 is 7.60 Å². The Kier molecular flexibility index (Phi) is 5.78. The lowest BCUT2D eigenvalue weighted by atomic mass is 10.2. The molecule has 0 aromatic rings. The van der Waals surface area contributed by atoms with E-state index in [4.69, 9.17) is 4.89 Å². The first-order valence-electron chi connectivity index (χ1n) is 3.82. The number of hydrogen-bond acceptors (Lipinski definition) is 3. The average molecular weight is 181 g/mol. The van der Waals surface area contributed by atoms with Crippen LogP contribution in [0.2, 0.25) is 0 Å². The van der Waals surface area contributed by atoms with Crippen LogP contribution in [0.25, 0.3) is 0 Å². The molecule has 0 saturated carbocycles. The molecule has 0 aliphatic rings. The fourth-order valence-corrected chi connectivity index (χ4v) is 1.52. The highest BCUT2D eigenvalue weighted by molar-refractivity contribution is 7.52. The molecule has 0 aromatic carbocycles. The molecule has 3 N–H and O–H groups in total. The lowest BCUT2D eigenvalue weighted by molar-refractivity contribution is 0.267. The summed E-state index contributed by atoms with van der Waals surface area (Å²) in [7, 11) is -3.44. The molecule has 0 saturated heterocycles. The maximum absolute atomic E-state index is 10.8. The van der Waals surface area contributed by atoms with Crippen molar-refractivity contribution in [2.75, 3.05) is 6.16 Å². The third-order valence-electron chi connectivity index (χ3n) is 1.46. The second-order valence-corrected chi connectivity index (χ2v) is 4.46. The van der Waals surface area contributed by atoms with E-state index in [1.165, 1.54) is 0 Å². The van der Waals surface area contributed by atoms with E-state index in [1.807, 2.05) is 0 Å². The highest BCUT2D eigenvalue weighted by atomic mass is 31.2. The second kappa shape index (κ2) is 5.72. The van der Waals surface area contributed by atoms with Gasteiger partial charge < -0.3 is 4.89 Å². The molecule has 4 nitrogen and oxygen atoms in total. The quantitative estimate of drug-likeness (QED) is 0.371. The molecule has 5 heteroatoms. The van der Waals surface area contributed by atoms with E-state index in [0.717, 1.165) is 19.3 Å². The van der Waals surface area contributed by atoms with Crippen LogP contribution in [-0.4, -0.2) is 11.1 Å². The maximum Gasteiger partial charge on any atom is 0.344 e. The number of unbranched alkanes of at least 4 members (excludes halogenated alkanes) is 3. The number of rotatable bonds is 6. The summed E-state index contributed by atoms with van der Waals surface area (Å²) in [5.41, 5.74) is 0. The summed E-state index contributed by atoms with van der Waals surface area (Å²) >= 11 is 0. The third kappa shape index (κ3) is 6.51. The molecule has 1 unspecified atom stereocenters. The van der Waals surface area contributed by atoms with Crippen LogP contribution >= 0.6 is 7.60 Å². The van der Waals surface area contributed by atoms with Crippen molar-refractivity contribution in [3.63, 3.8) is 0 Å². The minimum atomic E-state index is -3.44. The molecule has 68 valence electrons. The Morgan fingerprint density at radius 1 is 1.45 bits per heavy atom. The number of hydrogen-bond donors (Lipinski definition) is 2. The zero-order chi connectivity index (χ0) is 8.74. The largest absolute Gasteiger partial charge is 0.344 e. The van der Waals surface area contributed by atoms with E-state index >= 15 is 0 Å². The Balaban J connectivity index is 3.31. The highest BCUT2D eigenvalue weighted by Crippen LogP contribution is 2.40. The lowest BCUT2D eigenvalue weighted by Crippen LogP contribution is -2.00. The Labute approximate surface area is 67.2 Å². The van der Waals surface area contributed by atoms with Crippen LogP contribution < -0.4 is 5.90 Å². The molecule has 0 amide bonds. The van der Waals surface area contributed by atoms with Gasteiger partial charge in [-0.05, 0) is 6.42 Å². The lowest BCUT2D eigenvalue weighted by Gasteiger charge is -2.06. The van der Waals surface area contributed by atoms with Crippen LogP contribution in [0.4, 0.5) is 0 Å². The first kappa shape index (κ1) is 11.1. The number of nitrogens with two attached hydrogens (primary N) is 1. The summed E-state index contributed by atoms with van der Waals surface area (Å²) in [6.45, 7) is 2.08. The van der Waals surface area contributed by atoms with Gasteiger partial charge in [-0.15, -0.1) is 0 Å². The van der Waals surface area contributed by atoms with Crippen LogP contribution in [0.15, 0.2) is 0 Å². The van der Waals surface area contributed by atoms with Gasteiger partial charge in [0.25, 0.3) is 0 Å². The van der Waals surface area contributed by atoms with Crippen LogP contribution in [0.5, 0.6) is 0 Å². The molecule has 0 spiro atoms. The van der Waals surface area contributed by atoms with E-state index in [0.29, 0.717) is 6.42 Å². The highest BCUT2D eigenvalue weighted by Gasteiger charge is 2.16. The first-order chi connectivity index (χ1) is 5.12. The molecule has 0 aliphatic carbocycles. The molecule has 0 bridgehead atoms. The Hall–Kier alpha value is 0.110. The molecule has 1 atom stereocenters. The molecular weight excluding hydrogens is 165 g/mol. The van der Waals surface area contributed by atoms with Gasteiger partial charge in [-0.25, -0.2) is 10.5 Å². The van der Waals surface area contributed by atoms with Crippen molar-refractivity contribution in [1.82, 2.24) is 0 Å². The summed E-state index contributed by atoms with van der Waals surface area (Å²) in [4.78, 5) is 8.83. The minimum absolute atomic E-state index is 0.170. The molecule has 0 rings (SSSR count). The Morgan fingerprint density at radius 3 is 2.55 bits per heavy atom. The third-order valence-corrected chi connectivity index (χ3v) is 2.67. The van der Waals surface area contributed by atoms with Crippen LogP contribution in [0.1, 0.15) is 32.6 Å². The standard InChI is InChI=1S/C6H16NO3P/c1-2-3-4-5-6-11(8,9)10-7/h2-7H2,1H3,(H,8,9). The molecule has 0 radical (unpaired) electrons. The van der Waals surface area contributed by atoms with Gasteiger partial charge in [0.2, 0.25) is 0 Å². The van der Waals surface area contributed by atoms with E-state index in [2.05, 4.69) is 17.4 Å². The van der Waals surface area contributed by atoms with Crippen molar-refractivity contribution in [3.8, 4) is 0 Å². The van der Waals surface area contributed by atoms with E-state index in [9.17, 15) is 4.57 Å². The predicted molar refractivity (Wildman–Crippen MR) is 44.1 cm³/mol. The van der Waals surface area contributed by atoms with Gasteiger partial charge in [-0.1, -0.05) is 26.2 Å². The zero-order valence-electron chi connectivity index (χ0n) is 6.82. The topological polar surface area (TPSA) is 72.5 Å². The predicted octanol–water partition coefficient (Wildman–Crippen LogP) is 1.64. The maximum atomic E-state index is 10.8. The van der Waals surface area contributed by atoms with Gasteiger partial charge in [-0.3, -0.25) is 4.57 Å². The fourth-order valence-electron chi connectivity index (χ4n) is 0.791. The van der Waals surface area contributed by atoms with Crippen molar-refractivity contribution in [2.45, 2.75) is 32.6 Å². The Morgan fingerprint density at radius 2 is 2.09 bits per heavy atom. The van der Waals surface area contributed by atoms with Gasteiger partial charge in [0.15, 0.2) is 0 Å². The van der Waals surface area contributed by atoms with Crippen molar-refractivity contribution < 1.29 is 14.1 Å². The summed E-state index contributed by atoms with van der Waals surface area (Å²) in [5, 5.41) is 0. The fraction of sp³-hybridized carbons (Fsp3) is 1.00. The van der Waals surface area contributed by atoms with Crippen LogP contribution in [0.3, 0.4) is 0 Å². The molecular formula is C6H16NO3P. The van der Waals surface area contributed by atoms with E-state index in [1.54, 1.807) is 0 Å². The molecule has 11 heavy (non-hydrogen) atoms. The van der Waals surface area contributed by atoms with E-state index in [-0.39, 0.29) is 6.16 Å². The normalized spacial score (nSPS) is 16.3. The minimum Gasteiger partial charge on any atom is -0.323 e. The molecule has 0 heterocycles. The summed E-state index contributed by atoms with van der Waals surface area (Å²) in [6.07, 6.45) is 4.04. The van der Waals surface area contributed by atoms with Gasteiger partial charge in [0.05, 0.1) is 6.16 Å². The smallest absolute Gasteiger partial charge is 0.323 e.